The van der Waals surface area contributed by atoms with E-state index in [9.17, 15) is 4.79 Å². The lowest BCUT2D eigenvalue weighted by Crippen LogP contribution is -2.30. The molecule has 5 aromatic rings. The molecule has 0 saturated carbocycles. The molecule has 0 aliphatic rings. The Kier molecular flexibility index (Phi) is 6.22. The number of rotatable bonds is 7. The van der Waals surface area contributed by atoms with Crippen LogP contribution in [0.15, 0.2) is 91.6 Å². The van der Waals surface area contributed by atoms with E-state index in [2.05, 4.69) is 50.7 Å². The number of carbonyl (C=O) groups excluding carboxylic acids is 1. The van der Waals surface area contributed by atoms with Crippen LogP contribution in [-0.2, 0) is 13.0 Å². The van der Waals surface area contributed by atoms with Crippen LogP contribution in [-0.4, -0.2) is 25.7 Å². The monoisotopic (exact) mass is 462 g/mol. The average Bonchev–Trinajstić information content (AvgIpc) is 3.29. The van der Waals surface area contributed by atoms with E-state index in [0.717, 1.165) is 33.0 Å². The van der Waals surface area contributed by atoms with Crippen molar-refractivity contribution in [2.24, 2.45) is 0 Å². The molecular formula is C28H26N6O. The maximum absolute atomic E-state index is 13.0. The number of anilines is 1. The van der Waals surface area contributed by atoms with Crippen molar-refractivity contribution in [2.75, 3.05) is 5.73 Å². The molecule has 3 N–H and O–H groups in total. The predicted octanol–water partition coefficient (Wildman–Crippen LogP) is 4.48. The van der Waals surface area contributed by atoms with Crippen LogP contribution in [0.4, 0.5) is 5.82 Å². The number of fused-ring (bicyclic) bond motifs is 1. The molecule has 0 saturated heterocycles. The number of nitrogen functional groups attached to an aromatic ring is 1. The fraction of sp³-hybridized carbons (Fsp3) is 0.143. The molecule has 0 spiro atoms. The average molecular weight is 463 g/mol. The minimum absolute atomic E-state index is 0.159. The standard InChI is InChI=1S/C28H26N6O/c1-19-15-32-34(17-19)18-20-4-7-22(8-5-20)26(33-28(35)24-3-2-11-30-16-24)14-21-6-9-25-23(13-21)10-12-31-27(25)29/h2-13,15-17,26H,14,18H2,1H3,(H2,29,31)(H,33,35). The molecule has 1 atom stereocenters. The van der Waals surface area contributed by atoms with E-state index in [-0.39, 0.29) is 11.9 Å². The van der Waals surface area contributed by atoms with Gasteiger partial charge in [0.15, 0.2) is 0 Å². The van der Waals surface area contributed by atoms with Crippen LogP contribution < -0.4 is 11.1 Å². The minimum Gasteiger partial charge on any atom is -0.383 e. The summed E-state index contributed by atoms with van der Waals surface area (Å²) in [6.07, 6.45) is 9.44. The van der Waals surface area contributed by atoms with Crippen LogP contribution in [0.5, 0.6) is 0 Å². The Morgan fingerprint density at radius 1 is 1.03 bits per heavy atom. The molecule has 174 valence electrons. The Morgan fingerprint density at radius 2 is 1.86 bits per heavy atom. The van der Waals surface area contributed by atoms with Crippen molar-refractivity contribution in [3.63, 3.8) is 0 Å². The summed E-state index contributed by atoms with van der Waals surface area (Å²) in [5.41, 5.74) is 10.9. The minimum atomic E-state index is -0.222. The molecule has 5 rings (SSSR count). The molecule has 1 unspecified atom stereocenters. The third-order valence-electron chi connectivity index (χ3n) is 6.02. The SMILES string of the molecule is Cc1cnn(Cc2ccc(C(Cc3ccc4c(N)nccc4c3)NC(=O)c3cccnc3)cc2)c1. The van der Waals surface area contributed by atoms with E-state index >= 15 is 0 Å². The topological polar surface area (TPSA) is 98.7 Å². The smallest absolute Gasteiger partial charge is 0.253 e. The van der Waals surface area contributed by atoms with Crippen molar-refractivity contribution < 1.29 is 4.79 Å². The number of benzene rings is 2. The van der Waals surface area contributed by atoms with Gasteiger partial charge in [0.1, 0.15) is 5.82 Å². The zero-order valence-corrected chi connectivity index (χ0v) is 19.4. The number of hydrogen-bond donors (Lipinski definition) is 2. The lowest BCUT2D eigenvalue weighted by atomic mass is 9.96. The van der Waals surface area contributed by atoms with Crippen molar-refractivity contribution in [2.45, 2.75) is 25.9 Å². The second-order valence-corrected chi connectivity index (χ2v) is 8.68. The van der Waals surface area contributed by atoms with Gasteiger partial charge in [-0.1, -0.05) is 42.5 Å². The van der Waals surface area contributed by atoms with Gasteiger partial charge < -0.3 is 11.1 Å². The number of aromatic nitrogens is 4. The van der Waals surface area contributed by atoms with Crippen LogP contribution in [0.2, 0.25) is 0 Å². The van der Waals surface area contributed by atoms with Crippen LogP contribution in [0.1, 0.15) is 38.7 Å². The normalized spacial score (nSPS) is 11.9. The Morgan fingerprint density at radius 3 is 2.60 bits per heavy atom. The second kappa shape index (κ2) is 9.77. The fourth-order valence-corrected chi connectivity index (χ4v) is 4.20. The van der Waals surface area contributed by atoms with Gasteiger partial charge >= 0.3 is 0 Å². The zero-order chi connectivity index (χ0) is 24.2. The molecule has 7 heteroatoms. The highest BCUT2D eigenvalue weighted by molar-refractivity contribution is 5.94. The van der Waals surface area contributed by atoms with E-state index in [0.29, 0.717) is 24.3 Å². The number of nitrogens with two attached hydrogens (primary N) is 1. The van der Waals surface area contributed by atoms with Gasteiger partial charge in [0, 0.05) is 30.2 Å². The van der Waals surface area contributed by atoms with Crippen molar-refractivity contribution in [3.8, 4) is 0 Å². The molecule has 2 aromatic carbocycles. The summed E-state index contributed by atoms with van der Waals surface area (Å²) in [4.78, 5) is 21.2. The second-order valence-electron chi connectivity index (χ2n) is 8.68. The van der Waals surface area contributed by atoms with Crippen molar-refractivity contribution in [1.82, 2.24) is 25.1 Å². The first-order valence-corrected chi connectivity index (χ1v) is 11.5. The largest absolute Gasteiger partial charge is 0.383 e. The molecule has 0 radical (unpaired) electrons. The van der Waals surface area contributed by atoms with Gasteiger partial charge in [0.05, 0.1) is 24.3 Å². The molecule has 35 heavy (non-hydrogen) atoms. The van der Waals surface area contributed by atoms with Gasteiger partial charge in [-0.15, -0.1) is 0 Å². The van der Waals surface area contributed by atoms with Crippen molar-refractivity contribution >= 4 is 22.5 Å². The summed E-state index contributed by atoms with van der Waals surface area (Å²) in [5, 5.41) is 9.51. The van der Waals surface area contributed by atoms with E-state index in [1.54, 1.807) is 30.7 Å². The molecule has 0 aliphatic heterocycles. The van der Waals surface area contributed by atoms with Crippen molar-refractivity contribution in [1.29, 1.82) is 0 Å². The quantitative estimate of drug-likeness (QED) is 0.372. The predicted molar refractivity (Wildman–Crippen MR) is 137 cm³/mol. The summed E-state index contributed by atoms with van der Waals surface area (Å²) in [6.45, 7) is 2.72. The molecular weight excluding hydrogens is 436 g/mol. The van der Waals surface area contributed by atoms with Gasteiger partial charge in [-0.05, 0) is 59.2 Å². The van der Waals surface area contributed by atoms with Crippen LogP contribution in [0, 0.1) is 6.92 Å². The van der Waals surface area contributed by atoms with Crippen LogP contribution in [0.25, 0.3) is 10.8 Å². The lowest BCUT2D eigenvalue weighted by molar-refractivity contribution is 0.0936. The Balaban J connectivity index is 1.42. The van der Waals surface area contributed by atoms with Gasteiger partial charge in [-0.2, -0.15) is 5.10 Å². The molecule has 1 amide bonds. The van der Waals surface area contributed by atoms with Gasteiger partial charge in [-0.25, -0.2) is 4.98 Å². The summed E-state index contributed by atoms with van der Waals surface area (Å²) >= 11 is 0. The number of carbonyl (C=O) groups is 1. The molecule has 7 nitrogen and oxygen atoms in total. The number of hydrogen-bond acceptors (Lipinski definition) is 5. The third-order valence-corrected chi connectivity index (χ3v) is 6.02. The zero-order valence-electron chi connectivity index (χ0n) is 19.4. The summed E-state index contributed by atoms with van der Waals surface area (Å²) in [7, 11) is 0. The Bertz CT molecular complexity index is 1460. The van der Waals surface area contributed by atoms with E-state index in [1.807, 2.05) is 42.2 Å². The summed E-state index contributed by atoms with van der Waals surface area (Å²) < 4.78 is 1.92. The van der Waals surface area contributed by atoms with Crippen LogP contribution >= 0.6 is 0 Å². The number of nitrogens with one attached hydrogen (secondary N) is 1. The molecule has 0 fully saturated rings. The number of amides is 1. The summed E-state index contributed by atoms with van der Waals surface area (Å²) in [5.74, 6) is 0.354. The maximum atomic E-state index is 13.0. The maximum Gasteiger partial charge on any atom is 0.253 e. The lowest BCUT2D eigenvalue weighted by Gasteiger charge is -2.20. The van der Waals surface area contributed by atoms with E-state index in [4.69, 9.17) is 5.73 Å². The number of nitrogens with zero attached hydrogens (tertiary/aromatic N) is 4. The molecule has 3 heterocycles. The summed E-state index contributed by atoms with van der Waals surface area (Å²) in [6, 6.07) is 19.7. The van der Waals surface area contributed by atoms with Crippen molar-refractivity contribution in [3.05, 3.63) is 119 Å². The number of aryl methyl sites for hydroxylation is 1. The number of pyridine rings is 2. The molecule has 0 aliphatic carbocycles. The Labute approximate surface area is 203 Å². The molecule has 0 bridgehead atoms. The van der Waals surface area contributed by atoms with E-state index < -0.39 is 0 Å². The molecule has 3 aromatic heterocycles. The first-order valence-electron chi connectivity index (χ1n) is 11.5. The fourth-order valence-electron chi connectivity index (χ4n) is 4.20. The van der Waals surface area contributed by atoms with Crippen LogP contribution in [0.3, 0.4) is 0 Å². The highest BCUT2D eigenvalue weighted by Crippen LogP contribution is 2.25. The Hall–Kier alpha value is -4.52. The highest BCUT2D eigenvalue weighted by atomic mass is 16.1. The first-order chi connectivity index (χ1) is 17.0. The van der Waals surface area contributed by atoms with Gasteiger partial charge in [-0.3, -0.25) is 14.5 Å². The first kappa shape index (κ1) is 22.3. The van der Waals surface area contributed by atoms with E-state index in [1.165, 1.54) is 0 Å². The highest BCUT2D eigenvalue weighted by Gasteiger charge is 2.17. The third kappa shape index (κ3) is 5.19. The van der Waals surface area contributed by atoms with Gasteiger partial charge in [0.2, 0.25) is 0 Å². The van der Waals surface area contributed by atoms with Gasteiger partial charge in [0.25, 0.3) is 5.91 Å².